The first-order valence-corrected chi connectivity index (χ1v) is 18.1. The molecule has 4 heterocycles. The summed E-state index contributed by atoms with van der Waals surface area (Å²) in [6, 6.07) is 12.6. The number of amides is 1. The smallest absolute Gasteiger partial charge is 0.493 e. The summed E-state index contributed by atoms with van der Waals surface area (Å²) in [5.41, 5.74) is 5.99. The minimum atomic E-state index is -0.888. The number of ether oxygens (including phenoxy) is 7. The molecule has 284 valence electrons. The van der Waals surface area contributed by atoms with Crippen molar-refractivity contribution in [1.29, 1.82) is 5.26 Å². The number of nitrogens with one attached hydrogen (secondary N) is 1. The number of rotatable bonds is 12. The Morgan fingerprint density at radius 1 is 1.06 bits per heavy atom. The Bertz CT molecular complexity index is 1980. The second-order valence-electron chi connectivity index (χ2n) is 14.0. The first-order valence-electron chi connectivity index (χ1n) is 18.1. The van der Waals surface area contributed by atoms with Crippen molar-refractivity contribution in [1.82, 2.24) is 15.1 Å². The maximum Gasteiger partial charge on any atom is 0.514 e. The van der Waals surface area contributed by atoms with Crippen LogP contribution in [0, 0.1) is 25.2 Å². The number of methoxy groups -OCH3 is 2. The molecule has 1 unspecified atom stereocenters. The first-order chi connectivity index (χ1) is 26.2. The summed E-state index contributed by atoms with van der Waals surface area (Å²) in [5, 5.41) is 14.2. The van der Waals surface area contributed by atoms with Gasteiger partial charge in [0, 0.05) is 54.4 Å². The molecule has 5 atom stereocenters. The molecule has 4 aliphatic heterocycles. The van der Waals surface area contributed by atoms with Gasteiger partial charge in [-0.05, 0) is 56.8 Å². The molecule has 13 nitrogen and oxygen atoms in total. The normalized spacial score (nSPS) is 22.2. The fraction of sp³-hybridized carbons (Fsp3) is 0.439. The third-order valence-electron chi connectivity index (χ3n) is 11.0. The summed E-state index contributed by atoms with van der Waals surface area (Å²) >= 11 is 0. The number of aryl methyl sites for hydroxylation is 2. The van der Waals surface area contributed by atoms with Crippen molar-refractivity contribution in [2.24, 2.45) is 0 Å². The molecule has 1 fully saturated rings. The van der Waals surface area contributed by atoms with E-state index < -0.39 is 18.2 Å². The van der Waals surface area contributed by atoms with Crippen molar-refractivity contribution in [3.63, 3.8) is 0 Å². The number of carbonyl (C=O) groups excluding carboxylic acids is 2. The van der Waals surface area contributed by atoms with Crippen LogP contribution in [0.2, 0.25) is 0 Å². The molecule has 1 saturated heterocycles. The predicted octanol–water partition coefficient (Wildman–Crippen LogP) is 5.25. The van der Waals surface area contributed by atoms with Gasteiger partial charge < -0.3 is 38.5 Å². The van der Waals surface area contributed by atoms with Crippen LogP contribution in [-0.2, 0) is 33.5 Å². The highest BCUT2D eigenvalue weighted by atomic mass is 16.7. The summed E-state index contributed by atoms with van der Waals surface area (Å²) in [4.78, 5) is 31.1. The molecular formula is C41H46N4O9. The lowest BCUT2D eigenvalue weighted by molar-refractivity contribution is -0.122. The third-order valence-corrected chi connectivity index (χ3v) is 11.0. The molecule has 0 spiro atoms. The monoisotopic (exact) mass is 738 g/mol. The van der Waals surface area contributed by atoms with Crippen molar-refractivity contribution in [2.45, 2.75) is 69.7 Å². The van der Waals surface area contributed by atoms with Gasteiger partial charge in [-0.1, -0.05) is 49.1 Å². The van der Waals surface area contributed by atoms with Gasteiger partial charge in [0.05, 0.1) is 25.3 Å². The minimum absolute atomic E-state index is 0.00919. The number of carbonyl (C=O) groups is 2. The van der Waals surface area contributed by atoms with E-state index in [1.165, 1.54) is 6.08 Å². The summed E-state index contributed by atoms with van der Waals surface area (Å²) in [7, 11) is 5.23. The molecule has 54 heavy (non-hydrogen) atoms. The number of benzene rings is 3. The Morgan fingerprint density at radius 2 is 1.83 bits per heavy atom. The Kier molecular flexibility index (Phi) is 10.7. The summed E-state index contributed by atoms with van der Waals surface area (Å²) < 4.78 is 41.1. The Balaban J connectivity index is 1.38. The second-order valence-corrected chi connectivity index (χ2v) is 14.0. The molecule has 13 heteroatoms. The first kappa shape index (κ1) is 37.0. The number of fused-ring (bicyclic) bond motifs is 9. The summed E-state index contributed by atoms with van der Waals surface area (Å²) in [5.74, 6) is 2.33. The van der Waals surface area contributed by atoms with E-state index in [1.54, 1.807) is 14.2 Å². The van der Waals surface area contributed by atoms with Crippen LogP contribution in [0.15, 0.2) is 49.1 Å². The lowest BCUT2D eigenvalue weighted by Gasteiger charge is -2.60. The fourth-order valence-corrected chi connectivity index (χ4v) is 8.85. The van der Waals surface area contributed by atoms with Crippen LogP contribution in [0.3, 0.4) is 0 Å². The molecule has 0 radical (unpaired) electrons. The zero-order valence-corrected chi connectivity index (χ0v) is 31.3. The van der Waals surface area contributed by atoms with Gasteiger partial charge in [0.25, 0.3) is 0 Å². The van der Waals surface area contributed by atoms with Crippen molar-refractivity contribution in [3.8, 4) is 34.8 Å². The van der Waals surface area contributed by atoms with Crippen LogP contribution >= 0.6 is 0 Å². The molecule has 2 bridgehead atoms. The largest absolute Gasteiger partial charge is 0.514 e. The van der Waals surface area contributed by atoms with Gasteiger partial charge in [-0.3, -0.25) is 14.6 Å². The van der Waals surface area contributed by atoms with Crippen LogP contribution < -0.4 is 29.0 Å². The third kappa shape index (κ3) is 6.48. The van der Waals surface area contributed by atoms with E-state index in [1.807, 2.05) is 51.2 Å². The van der Waals surface area contributed by atoms with E-state index in [2.05, 4.69) is 33.8 Å². The molecule has 4 aliphatic rings. The van der Waals surface area contributed by atoms with E-state index in [-0.39, 0.29) is 57.2 Å². The number of piperazine rings is 1. The molecule has 3 aromatic carbocycles. The number of hydrogen-bond acceptors (Lipinski definition) is 12. The average Bonchev–Trinajstić information content (AvgIpc) is 3.67. The Morgan fingerprint density at radius 3 is 2.56 bits per heavy atom. The second kappa shape index (κ2) is 15.6. The maximum atomic E-state index is 13.5. The van der Waals surface area contributed by atoms with Crippen LogP contribution in [0.25, 0.3) is 0 Å². The number of nitrogens with zero attached hydrogens (tertiary/aromatic N) is 3. The quantitative estimate of drug-likeness (QED) is 0.112. The maximum absolute atomic E-state index is 13.5. The molecule has 1 amide bonds. The topological polar surface area (TPSA) is 141 Å². The lowest BCUT2D eigenvalue weighted by Crippen LogP contribution is -2.68. The van der Waals surface area contributed by atoms with Gasteiger partial charge in [-0.25, -0.2) is 4.79 Å². The van der Waals surface area contributed by atoms with E-state index in [4.69, 9.17) is 33.2 Å². The van der Waals surface area contributed by atoms with Crippen LogP contribution in [0.4, 0.5) is 4.79 Å². The minimum Gasteiger partial charge on any atom is -0.493 e. The van der Waals surface area contributed by atoms with E-state index >= 15 is 0 Å². The SMILES string of the molecule is C=CCOC(=O)Oc1c(C)c2c(c3c1CC1[C@@H]4c5c(cc(C)c(OC)c5OCOC)C[C@H]([C@H](C#N)N1[C@H]3CNC(=O)CCc1ccccc1)N4C)OCO2. The molecular weight excluding hydrogens is 692 g/mol. The number of hydrogen-bond donors (Lipinski definition) is 1. The van der Waals surface area contributed by atoms with Crippen LogP contribution in [0.1, 0.15) is 57.4 Å². The zero-order chi connectivity index (χ0) is 38.1. The van der Waals surface area contributed by atoms with Gasteiger partial charge in [-0.15, -0.1) is 0 Å². The van der Waals surface area contributed by atoms with Gasteiger partial charge in [0.15, 0.2) is 29.8 Å². The van der Waals surface area contributed by atoms with Crippen molar-refractivity contribution in [2.75, 3.05) is 48.0 Å². The molecule has 0 aromatic heterocycles. The number of nitriles is 1. The van der Waals surface area contributed by atoms with Gasteiger partial charge >= 0.3 is 6.16 Å². The average molecular weight is 739 g/mol. The highest BCUT2D eigenvalue weighted by Gasteiger charge is 2.57. The summed E-state index contributed by atoms with van der Waals surface area (Å²) in [6.07, 6.45) is 2.37. The highest BCUT2D eigenvalue weighted by Crippen LogP contribution is 2.58. The van der Waals surface area contributed by atoms with Crippen molar-refractivity contribution < 1.29 is 42.7 Å². The molecule has 1 N–H and O–H groups in total. The molecule has 0 aliphatic carbocycles. The standard InChI is InChI=1S/C41H46N4O9/c1-7-15-50-41(47)54-37-24(3)38-40(53-22-52-38)34-27(37)18-29-35-33-26(16-23(2)36(49-6)39(33)51-21-48-5)17-28(44(35)4)30(19-42)45(29)31(34)20-43-32(46)14-13-25-11-9-8-10-12-25/h7-12,16,28-31,35H,1,13-15,17-18,20-22H2,2-6H3,(H,43,46)/t28-,29?,30+,31+,35-/m1/s1. The predicted molar refractivity (Wildman–Crippen MR) is 197 cm³/mol. The Labute approximate surface area is 315 Å². The van der Waals surface area contributed by atoms with Crippen molar-refractivity contribution in [3.05, 3.63) is 88.0 Å². The highest BCUT2D eigenvalue weighted by molar-refractivity contribution is 5.77. The van der Waals surface area contributed by atoms with Crippen LogP contribution in [0.5, 0.6) is 28.7 Å². The molecule has 7 rings (SSSR count). The number of likely N-dealkylation sites (N-methyl/N-ethyl adjacent to an activating group) is 1. The zero-order valence-electron chi connectivity index (χ0n) is 31.3. The molecule has 0 saturated carbocycles. The van der Waals surface area contributed by atoms with Gasteiger partial charge in [-0.2, -0.15) is 5.26 Å². The lowest BCUT2D eigenvalue weighted by atomic mass is 9.71. The van der Waals surface area contributed by atoms with E-state index in [0.717, 1.165) is 22.3 Å². The van der Waals surface area contributed by atoms with E-state index in [0.29, 0.717) is 64.7 Å². The van der Waals surface area contributed by atoms with Gasteiger partial charge in [0.1, 0.15) is 18.4 Å². The fourth-order valence-electron chi connectivity index (χ4n) is 8.85. The van der Waals surface area contributed by atoms with Crippen molar-refractivity contribution >= 4 is 12.1 Å². The Hall–Kier alpha value is -5.29. The summed E-state index contributed by atoms with van der Waals surface area (Å²) in [6.45, 7) is 7.55. The van der Waals surface area contributed by atoms with Gasteiger partial charge in [0.2, 0.25) is 12.7 Å². The van der Waals surface area contributed by atoms with Crippen LogP contribution in [-0.4, -0.2) is 88.0 Å². The molecule has 3 aromatic rings. The van der Waals surface area contributed by atoms with E-state index in [9.17, 15) is 14.9 Å².